The van der Waals surface area contributed by atoms with Gasteiger partial charge in [-0.25, -0.2) is 0 Å². The Bertz CT molecular complexity index is 1640. The van der Waals surface area contributed by atoms with Gasteiger partial charge in [-0.1, -0.05) is 46.3 Å². The molecule has 0 radical (unpaired) electrons. The Morgan fingerprint density at radius 1 is 0.860 bits per heavy atom. The van der Waals surface area contributed by atoms with E-state index in [1.165, 1.54) is 5.57 Å². The Morgan fingerprint density at radius 2 is 1.44 bits per heavy atom. The molecule has 2 aromatic carbocycles. The van der Waals surface area contributed by atoms with E-state index in [1.807, 2.05) is 92.0 Å². The van der Waals surface area contributed by atoms with Gasteiger partial charge in [-0.2, -0.15) is 0 Å². The Kier molecular flexibility index (Phi) is 15.7. The minimum Gasteiger partial charge on any atom is -0.0850 e. The average molecular weight is 819 g/mol. The van der Waals surface area contributed by atoms with Gasteiger partial charge in [0.25, 0.3) is 0 Å². The standard InChI is InChI=1S/C41H58O6.2ClH.Ru/c1-16-39(10,11)33(42)24-35(44)47-37-28(7)29(8)38(36(30(37)9)41(14,15)21-19-25(2)3)46-34(43)20-22-40(12,13)31-17-18-32(27(6)23-31)45-26(4)5;;;/h6,17-19,23,26H,16,20-22,24H2,1-5,7-15H3;2*1H;/q;;;+2/p-2. The number of ether oxygens (including phenoxy) is 3. The van der Waals surface area contributed by atoms with E-state index in [1.54, 1.807) is 0 Å². The smallest absolute Gasteiger partial charge is 0.0850 e. The molecule has 50 heavy (non-hydrogen) atoms. The van der Waals surface area contributed by atoms with Crippen LogP contribution in [0.5, 0.6) is 17.2 Å². The molecule has 0 amide bonds. The first-order valence-electron chi connectivity index (χ1n) is 17.3. The molecular weight excluding hydrogens is 760 g/mol. The van der Waals surface area contributed by atoms with E-state index in [0.717, 1.165) is 22.4 Å². The molecule has 0 aliphatic rings. The van der Waals surface area contributed by atoms with Gasteiger partial charge in [-0.05, 0) is 40.5 Å². The van der Waals surface area contributed by atoms with Crippen LogP contribution in [-0.2, 0) is 38.7 Å². The van der Waals surface area contributed by atoms with E-state index in [4.69, 9.17) is 33.6 Å². The Labute approximate surface area is 314 Å². The third kappa shape index (κ3) is 11.9. The summed E-state index contributed by atoms with van der Waals surface area (Å²) in [6.07, 6.45) is 3.85. The van der Waals surface area contributed by atoms with Crippen molar-refractivity contribution in [3.8, 4) is 17.2 Å². The number of benzene rings is 2. The summed E-state index contributed by atoms with van der Waals surface area (Å²) in [7, 11) is 12.5. The molecular formula is C41H58Cl2O6Ru. The first kappa shape index (κ1) is 43.8. The van der Waals surface area contributed by atoms with Crippen LogP contribution in [-0.4, -0.2) is 28.4 Å². The van der Waals surface area contributed by atoms with Gasteiger partial charge in [-0.3, -0.25) is 9.59 Å². The Morgan fingerprint density at radius 3 is 1.98 bits per heavy atom. The van der Waals surface area contributed by atoms with E-state index >= 15 is 0 Å². The molecule has 0 aliphatic heterocycles. The summed E-state index contributed by atoms with van der Waals surface area (Å²) in [4.78, 5) is 39.6. The molecule has 0 N–H and O–H groups in total. The summed E-state index contributed by atoms with van der Waals surface area (Å²) in [5.74, 6) is 0.527. The van der Waals surface area contributed by atoms with Crippen LogP contribution in [0, 0.1) is 26.2 Å². The molecule has 0 saturated heterocycles. The van der Waals surface area contributed by atoms with Crippen molar-refractivity contribution in [2.24, 2.45) is 5.41 Å². The van der Waals surface area contributed by atoms with Crippen molar-refractivity contribution in [1.82, 2.24) is 0 Å². The fraction of sp³-hybridized carbons (Fsp3) is 0.561. The van der Waals surface area contributed by atoms with Crippen molar-refractivity contribution in [3.05, 3.63) is 63.2 Å². The van der Waals surface area contributed by atoms with Gasteiger partial charge in [0.1, 0.15) is 18.0 Å². The molecule has 0 atom stereocenters. The fourth-order valence-electron chi connectivity index (χ4n) is 5.68. The molecule has 2 aromatic rings. The van der Waals surface area contributed by atoms with Crippen molar-refractivity contribution >= 4 is 41.7 Å². The van der Waals surface area contributed by atoms with Crippen LogP contribution in [0.2, 0.25) is 0 Å². The van der Waals surface area contributed by atoms with Gasteiger partial charge in [0.2, 0.25) is 0 Å². The van der Waals surface area contributed by atoms with Gasteiger partial charge < -0.3 is 4.74 Å². The molecule has 0 bridgehead atoms. The van der Waals surface area contributed by atoms with E-state index < -0.39 is 30.3 Å². The van der Waals surface area contributed by atoms with E-state index in [-0.39, 0.29) is 36.1 Å². The van der Waals surface area contributed by atoms with Crippen molar-refractivity contribution < 1.29 is 42.1 Å². The number of carbonyl (C=O) groups excluding carboxylic acids is 3. The summed E-state index contributed by atoms with van der Waals surface area (Å²) in [6, 6.07) is 6.02. The Balaban J connectivity index is 2.50. The van der Waals surface area contributed by atoms with Crippen LogP contribution >= 0.6 is 19.4 Å². The number of ketones is 1. The molecule has 6 nitrogen and oxygen atoms in total. The topological polar surface area (TPSA) is 78.9 Å². The average Bonchev–Trinajstić information content (AvgIpc) is 3.00. The third-order valence-corrected chi connectivity index (χ3v) is 11.4. The number of hydrogen-bond donors (Lipinski definition) is 0. The van der Waals surface area contributed by atoms with E-state index in [2.05, 4.69) is 33.8 Å². The summed E-state index contributed by atoms with van der Waals surface area (Å²) in [5, 5.41) is 0. The van der Waals surface area contributed by atoms with Crippen LogP contribution in [0.4, 0.5) is 0 Å². The molecule has 0 aliphatic carbocycles. The maximum atomic E-state index is 13.7. The van der Waals surface area contributed by atoms with Crippen molar-refractivity contribution in [2.75, 3.05) is 0 Å². The fourth-order valence-corrected chi connectivity index (χ4v) is 7.47. The van der Waals surface area contributed by atoms with Crippen molar-refractivity contribution in [1.29, 1.82) is 0 Å². The molecule has 0 saturated carbocycles. The number of Topliss-reactive ketones (excluding diaryl/α,β-unsaturated/α-hetero) is 1. The SMILES string of the molecule is CCC(C)(C)C(=O)CC(=O)Oc1c(C)c(C)c(OC(=O)CCC(C)(C)c2ccc(OC(C)C)c([CH]=[Ru]([Cl])[Cl])c2)c(C(C)(C)CC=C(C)C)c1C. The summed E-state index contributed by atoms with van der Waals surface area (Å²) >= 11 is -2.11. The van der Waals surface area contributed by atoms with Gasteiger partial charge in [0.05, 0.1) is 0 Å². The molecule has 9 heteroatoms. The van der Waals surface area contributed by atoms with Gasteiger partial charge >= 0.3 is 191 Å². The summed E-state index contributed by atoms with van der Waals surface area (Å²) in [5.41, 5.74) is 4.52. The number of rotatable bonds is 16. The molecule has 2 rings (SSSR count). The minimum absolute atomic E-state index is 0.00165. The second-order valence-electron chi connectivity index (χ2n) is 15.7. The summed E-state index contributed by atoms with van der Waals surface area (Å²) in [6.45, 7) is 27.7. The maximum absolute atomic E-state index is 13.7. The third-order valence-electron chi connectivity index (χ3n) is 9.55. The monoisotopic (exact) mass is 818 g/mol. The number of carbonyl (C=O) groups is 3. The van der Waals surface area contributed by atoms with Crippen LogP contribution < -0.4 is 14.2 Å². The first-order chi connectivity index (χ1) is 22.9. The molecule has 0 fully saturated rings. The first-order valence-corrected chi connectivity index (χ1v) is 22.8. The van der Waals surface area contributed by atoms with Crippen LogP contribution in [0.1, 0.15) is 142 Å². The predicted octanol–water partition coefficient (Wildman–Crippen LogP) is 11.1. The minimum atomic E-state index is -2.11. The molecule has 280 valence electrons. The number of hydrogen-bond acceptors (Lipinski definition) is 6. The van der Waals surface area contributed by atoms with Gasteiger partial charge in [0.15, 0.2) is 0 Å². The second-order valence-corrected chi connectivity index (χ2v) is 21.4. The number of allylic oxidation sites excluding steroid dienone is 2. The van der Waals surface area contributed by atoms with Crippen molar-refractivity contribution in [3.63, 3.8) is 0 Å². The van der Waals surface area contributed by atoms with Crippen molar-refractivity contribution in [2.45, 2.75) is 146 Å². The zero-order chi connectivity index (χ0) is 38.4. The van der Waals surface area contributed by atoms with Gasteiger partial charge in [-0.15, -0.1) is 0 Å². The number of halogens is 2. The number of esters is 2. The predicted molar refractivity (Wildman–Crippen MR) is 204 cm³/mol. The molecule has 0 aromatic heterocycles. The van der Waals surface area contributed by atoms with Crippen LogP contribution in [0.25, 0.3) is 0 Å². The zero-order valence-corrected chi connectivity index (χ0v) is 35.8. The second kappa shape index (κ2) is 17.9. The quantitative estimate of drug-likeness (QED) is 0.0552. The molecule has 0 spiro atoms. The van der Waals surface area contributed by atoms with E-state index in [0.29, 0.717) is 47.5 Å². The normalized spacial score (nSPS) is 12.4. The Hall–Kier alpha value is -2.34. The molecule has 0 unspecified atom stereocenters. The van der Waals surface area contributed by atoms with Crippen LogP contribution in [0.3, 0.4) is 0 Å². The molecule has 0 heterocycles. The van der Waals surface area contributed by atoms with Gasteiger partial charge in [0, 0.05) is 5.41 Å². The van der Waals surface area contributed by atoms with E-state index in [9.17, 15) is 14.4 Å². The zero-order valence-electron chi connectivity index (χ0n) is 32.6. The summed E-state index contributed by atoms with van der Waals surface area (Å²) < 4.78 is 20.1. The van der Waals surface area contributed by atoms with Crippen LogP contribution in [0.15, 0.2) is 29.8 Å².